The van der Waals surface area contributed by atoms with Crippen LogP contribution in [0.3, 0.4) is 0 Å². The van der Waals surface area contributed by atoms with Crippen LogP contribution in [-0.2, 0) is 4.79 Å². The maximum atomic E-state index is 12.0. The SMILES string of the molecule is CCCCCN(CCCC)C(=O)CC(C)C. The second-order valence-electron chi connectivity index (χ2n) is 5.04. The van der Waals surface area contributed by atoms with Gasteiger partial charge in [0.1, 0.15) is 0 Å². The molecule has 0 unspecified atom stereocenters. The van der Waals surface area contributed by atoms with Crippen molar-refractivity contribution >= 4 is 5.91 Å². The summed E-state index contributed by atoms with van der Waals surface area (Å²) in [5.41, 5.74) is 0. The first-order chi connectivity index (χ1) is 7.61. The van der Waals surface area contributed by atoms with E-state index in [-0.39, 0.29) is 0 Å². The van der Waals surface area contributed by atoms with E-state index in [4.69, 9.17) is 0 Å². The van der Waals surface area contributed by atoms with Crippen LogP contribution in [-0.4, -0.2) is 23.9 Å². The Balaban J connectivity index is 4.01. The highest BCUT2D eigenvalue weighted by Gasteiger charge is 2.13. The fourth-order valence-corrected chi connectivity index (χ4v) is 1.74. The third-order valence-corrected chi connectivity index (χ3v) is 2.75. The summed E-state index contributed by atoms with van der Waals surface area (Å²) >= 11 is 0. The summed E-state index contributed by atoms with van der Waals surface area (Å²) < 4.78 is 0. The molecule has 0 aromatic heterocycles. The van der Waals surface area contributed by atoms with E-state index in [2.05, 4.69) is 32.6 Å². The van der Waals surface area contributed by atoms with Gasteiger partial charge in [0.25, 0.3) is 0 Å². The zero-order valence-electron chi connectivity index (χ0n) is 11.6. The number of carbonyl (C=O) groups is 1. The molecule has 0 fully saturated rings. The maximum absolute atomic E-state index is 12.0. The molecule has 16 heavy (non-hydrogen) atoms. The first kappa shape index (κ1) is 15.5. The van der Waals surface area contributed by atoms with Gasteiger partial charge in [0.2, 0.25) is 5.91 Å². The van der Waals surface area contributed by atoms with Crippen molar-refractivity contribution in [1.82, 2.24) is 4.90 Å². The van der Waals surface area contributed by atoms with Crippen LogP contribution in [0.2, 0.25) is 0 Å². The molecule has 0 aliphatic rings. The van der Waals surface area contributed by atoms with Crippen LogP contribution in [0.25, 0.3) is 0 Å². The first-order valence-electron chi connectivity index (χ1n) is 6.89. The van der Waals surface area contributed by atoms with Crippen molar-refractivity contribution in [2.45, 2.75) is 66.2 Å². The molecule has 0 rings (SSSR count). The molecule has 1 amide bonds. The first-order valence-corrected chi connectivity index (χ1v) is 6.89. The molecule has 0 bridgehead atoms. The predicted octanol–water partition coefficient (Wildman–Crippen LogP) is 3.85. The Morgan fingerprint density at radius 3 is 2.06 bits per heavy atom. The van der Waals surface area contributed by atoms with Crippen molar-refractivity contribution in [3.63, 3.8) is 0 Å². The van der Waals surface area contributed by atoms with E-state index in [0.29, 0.717) is 18.2 Å². The van der Waals surface area contributed by atoms with Gasteiger partial charge in [0.15, 0.2) is 0 Å². The quantitative estimate of drug-likeness (QED) is 0.548. The molecular weight excluding hydrogens is 198 g/mol. The molecule has 0 N–H and O–H groups in total. The number of hydrogen-bond donors (Lipinski definition) is 0. The number of unbranched alkanes of at least 4 members (excludes halogenated alkanes) is 3. The third-order valence-electron chi connectivity index (χ3n) is 2.75. The molecule has 0 radical (unpaired) electrons. The standard InChI is InChI=1S/C14H29NO/c1-5-7-9-11-15(10-8-6-2)14(16)12-13(3)4/h13H,5-12H2,1-4H3. The molecule has 0 atom stereocenters. The van der Waals surface area contributed by atoms with Crippen LogP contribution < -0.4 is 0 Å². The second kappa shape index (κ2) is 9.68. The van der Waals surface area contributed by atoms with E-state index in [1.54, 1.807) is 0 Å². The molecule has 96 valence electrons. The number of rotatable bonds is 9. The smallest absolute Gasteiger partial charge is 0.222 e. The normalized spacial score (nSPS) is 10.8. The Labute approximate surface area is 101 Å². The van der Waals surface area contributed by atoms with E-state index < -0.39 is 0 Å². The molecule has 0 aliphatic heterocycles. The summed E-state index contributed by atoms with van der Waals surface area (Å²) in [5, 5.41) is 0. The Morgan fingerprint density at radius 2 is 1.56 bits per heavy atom. The Bertz CT molecular complexity index is 178. The highest BCUT2D eigenvalue weighted by molar-refractivity contribution is 5.76. The fraction of sp³-hybridized carbons (Fsp3) is 0.929. The predicted molar refractivity (Wildman–Crippen MR) is 70.5 cm³/mol. The Kier molecular flexibility index (Phi) is 9.36. The molecule has 0 aromatic rings. The average Bonchev–Trinajstić information content (AvgIpc) is 2.22. The van der Waals surface area contributed by atoms with E-state index in [1.165, 1.54) is 19.3 Å². The minimum atomic E-state index is 0.347. The van der Waals surface area contributed by atoms with Crippen molar-refractivity contribution in [2.75, 3.05) is 13.1 Å². The van der Waals surface area contributed by atoms with Gasteiger partial charge >= 0.3 is 0 Å². The highest BCUT2D eigenvalue weighted by Crippen LogP contribution is 2.07. The van der Waals surface area contributed by atoms with Crippen molar-refractivity contribution < 1.29 is 4.79 Å². The summed E-state index contributed by atoms with van der Waals surface area (Å²) in [7, 11) is 0. The third kappa shape index (κ3) is 7.72. The van der Waals surface area contributed by atoms with Gasteiger partial charge in [-0.25, -0.2) is 0 Å². The van der Waals surface area contributed by atoms with Gasteiger partial charge in [-0.3, -0.25) is 4.79 Å². The molecule has 0 saturated heterocycles. The van der Waals surface area contributed by atoms with Gasteiger partial charge in [0, 0.05) is 19.5 Å². The van der Waals surface area contributed by atoms with Crippen LogP contribution in [0.15, 0.2) is 0 Å². The lowest BCUT2D eigenvalue weighted by molar-refractivity contribution is -0.132. The molecule has 0 saturated carbocycles. The lowest BCUT2D eigenvalue weighted by Crippen LogP contribution is -2.33. The fourth-order valence-electron chi connectivity index (χ4n) is 1.74. The van der Waals surface area contributed by atoms with Gasteiger partial charge in [-0.2, -0.15) is 0 Å². The summed E-state index contributed by atoms with van der Waals surface area (Å²) in [6.45, 7) is 10.5. The minimum Gasteiger partial charge on any atom is -0.343 e. The largest absolute Gasteiger partial charge is 0.343 e. The zero-order valence-corrected chi connectivity index (χ0v) is 11.6. The van der Waals surface area contributed by atoms with E-state index in [9.17, 15) is 4.79 Å². The Hall–Kier alpha value is -0.530. The molecule has 2 heteroatoms. The molecule has 0 spiro atoms. The van der Waals surface area contributed by atoms with Gasteiger partial charge in [0.05, 0.1) is 0 Å². The van der Waals surface area contributed by atoms with Crippen molar-refractivity contribution in [3.05, 3.63) is 0 Å². The van der Waals surface area contributed by atoms with E-state index >= 15 is 0 Å². The monoisotopic (exact) mass is 227 g/mol. The van der Waals surface area contributed by atoms with E-state index in [1.807, 2.05) is 0 Å². The van der Waals surface area contributed by atoms with Gasteiger partial charge in [-0.1, -0.05) is 47.0 Å². The molecule has 0 heterocycles. The summed E-state index contributed by atoms with van der Waals surface area (Å²) in [6.07, 6.45) is 6.62. The molecule has 0 aromatic carbocycles. The van der Waals surface area contributed by atoms with Crippen LogP contribution in [0, 0.1) is 5.92 Å². The maximum Gasteiger partial charge on any atom is 0.222 e. The Morgan fingerprint density at radius 1 is 1.00 bits per heavy atom. The zero-order chi connectivity index (χ0) is 12.4. The topological polar surface area (TPSA) is 20.3 Å². The lowest BCUT2D eigenvalue weighted by Gasteiger charge is -2.23. The number of hydrogen-bond acceptors (Lipinski definition) is 1. The summed E-state index contributed by atoms with van der Waals surface area (Å²) in [4.78, 5) is 14.0. The van der Waals surface area contributed by atoms with Crippen LogP contribution in [0.4, 0.5) is 0 Å². The molecular formula is C14H29NO. The number of amides is 1. The average molecular weight is 227 g/mol. The van der Waals surface area contributed by atoms with Gasteiger partial charge in [-0.15, -0.1) is 0 Å². The van der Waals surface area contributed by atoms with Crippen molar-refractivity contribution in [3.8, 4) is 0 Å². The minimum absolute atomic E-state index is 0.347. The van der Waals surface area contributed by atoms with Gasteiger partial charge < -0.3 is 4.90 Å². The van der Waals surface area contributed by atoms with Gasteiger partial charge in [-0.05, 0) is 18.8 Å². The lowest BCUT2D eigenvalue weighted by atomic mass is 10.1. The van der Waals surface area contributed by atoms with Crippen molar-refractivity contribution in [1.29, 1.82) is 0 Å². The van der Waals surface area contributed by atoms with Crippen LogP contribution in [0.1, 0.15) is 66.2 Å². The highest BCUT2D eigenvalue weighted by atomic mass is 16.2. The second-order valence-corrected chi connectivity index (χ2v) is 5.04. The van der Waals surface area contributed by atoms with E-state index in [0.717, 1.165) is 25.9 Å². The summed E-state index contributed by atoms with van der Waals surface area (Å²) in [6, 6.07) is 0. The number of nitrogens with zero attached hydrogens (tertiary/aromatic N) is 1. The van der Waals surface area contributed by atoms with Crippen LogP contribution >= 0.6 is 0 Å². The van der Waals surface area contributed by atoms with Crippen molar-refractivity contribution in [2.24, 2.45) is 5.92 Å². The van der Waals surface area contributed by atoms with Crippen LogP contribution in [0.5, 0.6) is 0 Å². The molecule has 0 aliphatic carbocycles. The number of carbonyl (C=O) groups excluding carboxylic acids is 1. The summed E-state index contributed by atoms with van der Waals surface area (Å²) in [5.74, 6) is 0.822. The molecule has 2 nitrogen and oxygen atoms in total.